The molecule has 0 heterocycles. The molecule has 0 radical (unpaired) electrons. The molecule has 39 heavy (non-hydrogen) atoms. The van der Waals surface area contributed by atoms with Crippen molar-refractivity contribution >= 4 is 33.2 Å². The molecule has 0 unspecified atom stereocenters. The zero-order chi connectivity index (χ0) is 28.4. The van der Waals surface area contributed by atoms with Gasteiger partial charge in [-0.25, -0.2) is 8.42 Å². The van der Waals surface area contributed by atoms with Crippen LogP contribution in [0.25, 0.3) is 0 Å². The Morgan fingerprint density at radius 2 is 1.54 bits per heavy atom. The third kappa shape index (κ3) is 7.64. The van der Waals surface area contributed by atoms with E-state index in [0.717, 1.165) is 16.3 Å². The quantitative estimate of drug-likeness (QED) is 0.254. The molecule has 0 spiro atoms. The Bertz CT molecular complexity index is 1370. The summed E-state index contributed by atoms with van der Waals surface area (Å²) in [7, 11) is -4.23. The molecule has 3 aromatic rings. The smallest absolute Gasteiger partial charge is 0.269 e. The molecule has 1 atom stereocenters. The lowest BCUT2D eigenvalue weighted by molar-refractivity contribution is -0.384. The van der Waals surface area contributed by atoms with Gasteiger partial charge in [-0.3, -0.25) is 24.0 Å². The van der Waals surface area contributed by atoms with Crippen LogP contribution in [-0.2, 0) is 26.0 Å². The highest BCUT2D eigenvalue weighted by Crippen LogP contribution is 2.26. The number of nitrogens with zero attached hydrogens (tertiary/aromatic N) is 3. The molecule has 0 aliphatic carbocycles. The Morgan fingerprint density at radius 1 is 0.949 bits per heavy atom. The number of hydrogen-bond donors (Lipinski definition) is 1. The Kier molecular flexibility index (Phi) is 10.2. The lowest BCUT2D eigenvalue weighted by Gasteiger charge is -2.32. The topological polar surface area (TPSA) is 130 Å². The van der Waals surface area contributed by atoms with Crippen molar-refractivity contribution in [2.75, 3.05) is 23.9 Å². The van der Waals surface area contributed by atoms with Gasteiger partial charge in [0.15, 0.2) is 0 Å². The third-order valence-corrected chi connectivity index (χ3v) is 7.95. The lowest BCUT2D eigenvalue weighted by atomic mass is 10.1. The number of carbonyl (C=O) groups excluding carboxylic acids is 2. The molecular formula is C28H32N4O6S. The van der Waals surface area contributed by atoms with Gasteiger partial charge in [-0.2, -0.15) is 0 Å². The molecule has 0 saturated carbocycles. The first-order chi connectivity index (χ1) is 18.6. The highest BCUT2D eigenvalue weighted by molar-refractivity contribution is 7.92. The number of nitro benzene ring substituents is 1. The van der Waals surface area contributed by atoms with E-state index in [1.807, 2.05) is 37.3 Å². The molecular weight excluding hydrogens is 520 g/mol. The Morgan fingerprint density at radius 3 is 2.10 bits per heavy atom. The zero-order valence-corrected chi connectivity index (χ0v) is 22.7. The molecule has 11 heteroatoms. The Labute approximate surface area is 228 Å². The summed E-state index contributed by atoms with van der Waals surface area (Å²) in [6.07, 6.45) is 1.18. The van der Waals surface area contributed by atoms with E-state index in [1.165, 1.54) is 41.3 Å². The first kappa shape index (κ1) is 29.3. The first-order valence-electron chi connectivity index (χ1n) is 12.6. The normalized spacial score (nSPS) is 11.8. The maximum Gasteiger partial charge on any atom is 0.269 e. The number of hydrogen-bond acceptors (Lipinski definition) is 6. The van der Waals surface area contributed by atoms with E-state index >= 15 is 0 Å². The second-order valence-corrected chi connectivity index (χ2v) is 10.8. The van der Waals surface area contributed by atoms with E-state index in [0.29, 0.717) is 13.0 Å². The van der Waals surface area contributed by atoms with Crippen LogP contribution in [0.2, 0.25) is 0 Å². The van der Waals surface area contributed by atoms with Gasteiger partial charge in [-0.15, -0.1) is 0 Å². The third-order valence-electron chi connectivity index (χ3n) is 6.16. The minimum Gasteiger partial charge on any atom is -0.354 e. The highest BCUT2D eigenvalue weighted by atomic mass is 32.2. The SMILES string of the molecule is CCCNC(=O)[C@@H](C)N(CCc1ccccc1)C(=O)CN(c1ccc([N+](=O)[O-])cc1)S(=O)(=O)c1ccccc1. The number of nitro groups is 1. The van der Waals surface area contributed by atoms with Crippen LogP contribution in [0.3, 0.4) is 0 Å². The maximum absolute atomic E-state index is 13.8. The maximum atomic E-state index is 13.8. The standard InChI is InChI=1S/C28H32N4O6S/c1-3-19-29-28(34)22(2)30(20-18-23-10-6-4-7-11-23)27(33)21-31(24-14-16-25(17-15-24)32(35)36)39(37,38)26-12-8-5-9-13-26/h4-17,22H,3,18-21H2,1-2H3,(H,29,34)/t22-/m1/s1. The molecule has 1 N–H and O–H groups in total. The van der Waals surface area contributed by atoms with Gasteiger partial charge in [0.1, 0.15) is 12.6 Å². The van der Waals surface area contributed by atoms with Gasteiger partial charge in [-0.1, -0.05) is 55.5 Å². The number of sulfonamides is 1. The van der Waals surface area contributed by atoms with Crippen molar-refractivity contribution in [3.63, 3.8) is 0 Å². The van der Waals surface area contributed by atoms with Crippen LogP contribution in [-0.4, -0.2) is 55.7 Å². The lowest BCUT2D eigenvalue weighted by Crippen LogP contribution is -2.52. The van der Waals surface area contributed by atoms with Crippen LogP contribution in [0.15, 0.2) is 89.8 Å². The van der Waals surface area contributed by atoms with Gasteiger partial charge in [-0.05, 0) is 49.6 Å². The fourth-order valence-electron chi connectivity index (χ4n) is 3.96. The average molecular weight is 553 g/mol. The number of carbonyl (C=O) groups is 2. The van der Waals surface area contributed by atoms with E-state index in [9.17, 15) is 28.1 Å². The van der Waals surface area contributed by atoms with E-state index in [4.69, 9.17) is 0 Å². The molecule has 3 rings (SSSR count). The molecule has 0 aromatic heterocycles. The van der Waals surface area contributed by atoms with Crippen LogP contribution in [0.5, 0.6) is 0 Å². The van der Waals surface area contributed by atoms with Gasteiger partial charge in [0.05, 0.1) is 15.5 Å². The van der Waals surface area contributed by atoms with Gasteiger partial charge in [0, 0.05) is 25.2 Å². The van der Waals surface area contributed by atoms with Crippen molar-refractivity contribution in [3.05, 3.63) is 101 Å². The predicted molar refractivity (Wildman–Crippen MR) is 149 cm³/mol. The average Bonchev–Trinajstić information content (AvgIpc) is 2.95. The van der Waals surface area contributed by atoms with Crippen LogP contribution >= 0.6 is 0 Å². The van der Waals surface area contributed by atoms with Crippen molar-refractivity contribution in [1.29, 1.82) is 0 Å². The Hall–Kier alpha value is -4.25. The van der Waals surface area contributed by atoms with E-state index in [1.54, 1.807) is 25.1 Å². The van der Waals surface area contributed by atoms with Crippen molar-refractivity contribution < 1.29 is 22.9 Å². The summed E-state index contributed by atoms with van der Waals surface area (Å²) < 4.78 is 28.3. The van der Waals surface area contributed by atoms with Crippen molar-refractivity contribution in [1.82, 2.24) is 10.2 Å². The van der Waals surface area contributed by atoms with Gasteiger partial charge in [0.25, 0.3) is 15.7 Å². The van der Waals surface area contributed by atoms with Gasteiger partial charge in [0.2, 0.25) is 11.8 Å². The van der Waals surface area contributed by atoms with Crippen LogP contribution < -0.4 is 9.62 Å². The summed E-state index contributed by atoms with van der Waals surface area (Å²) in [5, 5.41) is 13.9. The molecule has 0 saturated heterocycles. The minimum absolute atomic E-state index is 0.0410. The fourth-order valence-corrected chi connectivity index (χ4v) is 5.39. The number of benzene rings is 3. The first-order valence-corrected chi connectivity index (χ1v) is 14.0. The van der Waals surface area contributed by atoms with Crippen molar-refractivity contribution in [2.45, 2.75) is 37.6 Å². The number of anilines is 1. The summed E-state index contributed by atoms with van der Waals surface area (Å²) in [5.74, 6) is -0.922. The van der Waals surface area contributed by atoms with Crippen LogP contribution in [0, 0.1) is 10.1 Å². The zero-order valence-electron chi connectivity index (χ0n) is 21.9. The van der Waals surface area contributed by atoms with Gasteiger partial charge < -0.3 is 10.2 Å². The van der Waals surface area contributed by atoms with Gasteiger partial charge >= 0.3 is 0 Å². The van der Waals surface area contributed by atoms with Crippen LogP contribution in [0.1, 0.15) is 25.8 Å². The summed E-state index contributed by atoms with van der Waals surface area (Å²) in [4.78, 5) is 38.5. The minimum atomic E-state index is -4.23. The van der Waals surface area contributed by atoms with Crippen molar-refractivity contribution in [3.8, 4) is 0 Å². The molecule has 2 amide bonds. The van der Waals surface area contributed by atoms with E-state index in [-0.39, 0.29) is 28.7 Å². The monoisotopic (exact) mass is 552 g/mol. The predicted octanol–water partition coefficient (Wildman–Crippen LogP) is 3.78. The summed E-state index contributed by atoms with van der Waals surface area (Å²) in [5.41, 5.74) is 0.831. The largest absolute Gasteiger partial charge is 0.354 e. The fraction of sp³-hybridized carbons (Fsp3) is 0.286. The molecule has 0 aliphatic heterocycles. The molecule has 0 aliphatic rings. The summed E-state index contributed by atoms with van der Waals surface area (Å²) in [6.45, 7) is 3.55. The second-order valence-electron chi connectivity index (χ2n) is 8.89. The molecule has 0 bridgehead atoms. The Balaban J connectivity index is 1.97. The second kappa shape index (κ2) is 13.5. The number of rotatable bonds is 13. The molecule has 10 nitrogen and oxygen atoms in total. The highest BCUT2D eigenvalue weighted by Gasteiger charge is 2.32. The van der Waals surface area contributed by atoms with Crippen LogP contribution in [0.4, 0.5) is 11.4 Å². The summed E-state index contributed by atoms with van der Waals surface area (Å²) >= 11 is 0. The molecule has 3 aromatic carbocycles. The van der Waals surface area contributed by atoms with Crippen molar-refractivity contribution in [2.24, 2.45) is 0 Å². The summed E-state index contributed by atoms with van der Waals surface area (Å²) in [6, 6.07) is 21.2. The number of amides is 2. The molecule has 206 valence electrons. The van der Waals surface area contributed by atoms with E-state index in [2.05, 4.69) is 5.32 Å². The molecule has 0 fully saturated rings. The van der Waals surface area contributed by atoms with E-state index < -0.39 is 33.4 Å². The number of non-ortho nitro benzene ring substituents is 1. The number of nitrogens with one attached hydrogen (secondary N) is 1.